The number of rotatable bonds is 7. The smallest absolute Gasteiger partial charge is 0.253 e. The number of carbonyl (C=O) groups excluding carboxylic acids is 1. The lowest BCUT2D eigenvalue weighted by Crippen LogP contribution is -2.28. The minimum Gasteiger partial charge on any atom is -0.309 e. The highest BCUT2D eigenvalue weighted by molar-refractivity contribution is 7.99. The molecule has 1 amide bonds. The Morgan fingerprint density at radius 3 is 2.65 bits per heavy atom. The average Bonchev–Trinajstić information content (AvgIpc) is 3.59. The Labute approximate surface area is 196 Å². The number of hydrazone groups is 1. The molecule has 0 spiro atoms. The predicted molar refractivity (Wildman–Crippen MR) is 128 cm³/mol. The Morgan fingerprint density at radius 1 is 1.10 bits per heavy atom. The van der Waals surface area contributed by atoms with Gasteiger partial charge < -0.3 is 4.57 Å². The van der Waals surface area contributed by atoms with Gasteiger partial charge in [0.15, 0.2) is 5.16 Å². The Kier molecular flexibility index (Phi) is 6.04. The predicted octanol–water partition coefficient (Wildman–Crippen LogP) is 5.06. The van der Waals surface area contributed by atoms with Crippen molar-refractivity contribution in [2.24, 2.45) is 12.1 Å². The van der Waals surface area contributed by atoms with E-state index in [0.717, 1.165) is 39.3 Å². The molecule has 4 aromatic heterocycles. The number of amides is 1. The molecule has 1 unspecified atom stereocenters. The second kappa shape index (κ2) is 9.07. The number of aromatic nitrogens is 3. The first-order valence-electron chi connectivity index (χ1n) is 9.69. The maximum Gasteiger partial charge on any atom is 0.253 e. The molecule has 1 atom stereocenters. The lowest BCUT2D eigenvalue weighted by atomic mass is 10.1. The Hall–Kier alpha value is -2.27. The van der Waals surface area contributed by atoms with Gasteiger partial charge in [-0.25, -0.2) is 5.01 Å². The van der Waals surface area contributed by atoms with Crippen molar-refractivity contribution < 1.29 is 4.79 Å². The lowest BCUT2D eigenvalue weighted by Gasteiger charge is -2.20. The van der Waals surface area contributed by atoms with Crippen molar-refractivity contribution in [1.82, 2.24) is 19.8 Å². The molecular weight excluding hydrogens is 467 g/mol. The van der Waals surface area contributed by atoms with E-state index < -0.39 is 0 Å². The van der Waals surface area contributed by atoms with Gasteiger partial charge in [0.2, 0.25) is 0 Å². The summed E-state index contributed by atoms with van der Waals surface area (Å²) in [4.78, 5) is 16.7. The molecule has 4 aromatic rings. The molecule has 0 saturated carbocycles. The van der Waals surface area contributed by atoms with Crippen molar-refractivity contribution in [1.29, 1.82) is 0 Å². The van der Waals surface area contributed by atoms with Crippen molar-refractivity contribution in [2.75, 3.05) is 5.75 Å². The minimum atomic E-state index is -0.0425. The van der Waals surface area contributed by atoms with Gasteiger partial charge in [0, 0.05) is 29.6 Å². The summed E-state index contributed by atoms with van der Waals surface area (Å²) in [5, 5.41) is 21.9. The van der Waals surface area contributed by atoms with Gasteiger partial charge in [0.1, 0.15) is 5.82 Å². The van der Waals surface area contributed by atoms with E-state index >= 15 is 0 Å². The molecular formula is C21H19N5OS4. The van der Waals surface area contributed by atoms with Crippen molar-refractivity contribution in [3.63, 3.8) is 0 Å². The van der Waals surface area contributed by atoms with E-state index in [-0.39, 0.29) is 17.7 Å². The number of thiophene rings is 3. The number of hydrogen-bond acceptors (Lipinski definition) is 8. The van der Waals surface area contributed by atoms with Gasteiger partial charge in [-0.3, -0.25) is 4.79 Å². The zero-order chi connectivity index (χ0) is 21.2. The standard InChI is InChI=1S/C21H19N5OS4/c1-25-19(11-14-5-2-8-28-14)22-23-21(25)31-13-20(27)26-16(18-7-4-10-30-18)12-15(24-26)17-6-3-9-29-17/h2-10,16H,11-13H2,1H3. The molecule has 0 aliphatic carbocycles. The fourth-order valence-electron chi connectivity index (χ4n) is 3.42. The number of thioether (sulfide) groups is 1. The molecule has 0 aromatic carbocycles. The lowest BCUT2D eigenvalue weighted by molar-refractivity contribution is -0.130. The van der Waals surface area contributed by atoms with Crippen molar-refractivity contribution in [2.45, 2.75) is 24.0 Å². The number of nitrogens with zero attached hydrogens (tertiary/aromatic N) is 5. The van der Waals surface area contributed by atoms with Crippen LogP contribution < -0.4 is 0 Å². The first kappa shape index (κ1) is 20.6. The van der Waals surface area contributed by atoms with Gasteiger partial charge in [0.25, 0.3) is 5.91 Å². The highest BCUT2D eigenvalue weighted by Gasteiger charge is 2.34. The molecule has 1 aliphatic rings. The van der Waals surface area contributed by atoms with Crippen LogP contribution in [0.4, 0.5) is 0 Å². The van der Waals surface area contributed by atoms with Gasteiger partial charge in [-0.15, -0.1) is 44.2 Å². The van der Waals surface area contributed by atoms with Crippen LogP contribution in [0.25, 0.3) is 0 Å². The van der Waals surface area contributed by atoms with E-state index in [1.165, 1.54) is 16.6 Å². The Bertz CT molecular complexity index is 1180. The molecule has 0 fully saturated rings. The highest BCUT2D eigenvalue weighted by atomic mass is 32.2. The molecule has 6 nitrogen and oxygen atoms in total. The normalized spacial score (nSPS) is 16.1. The third kappa shape index (κ3) is 4.38. The number of hydrogen-bond donors (Lipinski definition) is 0. The third-order valence-electron chi connectivity index (χ3n) is 5.01. The Balaban J connectivity index is 1.30. The van der Waals surface area contributed by atoms with E-state index in [2.05, 4.69) is 33.8 Å². The van der Waals surface area contributed by atoms with Crippen LogP contribution in [0.2, 0.25) is 0 Å². The molecule has 5 rings (SSSR count). The summed E-state index contributed by atoms with van der Waals surface area (Å²) in [6.07, 6.45) is 1.49. The van der Waals surface area contributed by atoms with E-state index in [9.17, 15) is 4.79 Å². The summed E-state index contributed by atoms with van der Waals surface area (Å²) in [5.74, 6) is 1.15. The topological polar surface area (TPSA) is 63.4 Å². The maximum absolute atomic E-state index is 13.2. The molecule has 10 heteroatoms. The third-order valence-corrected chi connectivity index (χ3v) is 8.78. The Morgan fingerprint density at radius 2 is 1.90 bits per heavy atom. The van der Waals surface area contributed by atoms with E-state index in [1.54, 1.807) is 39.0 Å². The SMILES string of the molecule is Cn1c(Cc2cccs2)nnc1SCC(=O)N1N=C(c2cccs2)CC1c1cccs1. The van der Waals surface area contributed by atoms with Crippen LogP contribution in [0, 0.1) is 0 Å². The second-order valence-electron chi connectivity index (χ2n) is 7.00. The van der Waals surface area contributed by atoms with E-state index in [1.807, 2.05) is 40.6 Å². The molecule has 158 valence electrons. The number of carbonyl (C=O) groups is 1. The monoisotopic (exact) mass is 485 g/mol. The summed E-state index contributed by atoms with van der Waals surface area (Å²) in [6.45, 7) is 0. The zero-order valence-corrected chi connectivity index (χ0v) is 19.9. The van der Waals surface area contributed by atoms with Crippen molar-refractivity contribution in [3.8, 4) is 0 Å². The fourth-order valence-corrected chi connectivity index (χ4v) is 6.44. The zero-order valence-electron chi connectivity index (χ0n) is 16.7. The molecule has 5 heterocycles. The van der Waals surface area contributed by atoms with Gasteiger partial charge in [-0.2, -0.15) is 5.10 Å². The van der Waals surface area contributed by atoms with Crippen LogP contribution in [-0.4, -0.2) is 37.1 Å². The molecule has 0 saturated heterocycles. The second-order valence-corrected chi connectivity index (χ2v) is 10.9. The molecule has 0 bridgehead atoms. The fraction of sp³-hybridized carbons (Fsp3) is 0.238. The van der Waals surface area contributed by atoms with E-state index in [4.69, 9.17) is 5.10 Å². The maximum atomic E-state index is 13.2. The van der Waals surface area contributed by atoms with Gasteiger partial charge in [0.05, 0.1) is 22.4 Å². The summed E-state index contributed by atoms with van der Waals surface area (Å²) < 4.78 is 1.97. The largest absolute Gasteiger partial charge is 0.309 e. The van der Waals surface area contributed by atoms with Crippen molar-refractivity contribution >= 4 is 57.4 Å². The molecule has 0 N–H and O–H groups in total. The minimum absolute atomic E-state index is 0.0160. The molecule has 1 aliphatic heterocycles. The highest BCUT2D eigenvalue weighted by Crippen LogP contribution is 2.36. The van der Waals surface area contributed by atoms with Crippen LogP contribution in [0.3, 0.4) is 0 Å². The summed E-state index contributed by atoms with van der Waals surface area (Å²) in [6, 6.07) is 12.3. The van der Waals surface area contributed by atoms with Crippen LogP contribution in [0.1, 0.15) is 32.9 Å². The van der Waals surface area contributed by atoms with E-state index in [0.29, 0.717) is 0 Å². The first-order chi connectivity index (χ1) is 15.2. The van der Waals surface area contributed by atoms with Gasteiger partial charge in [-0.05, 0) is 34.3 Å². The summed E-state index contributed by atoms with van der Waals surface area (Å²) in [5.41, 5.74) is 0.976. The quantitative estimate of drug-likeness (QED) is 0.343. The van der Waals surface area contributed by atoms with Crippen LogP contribution in [-0.2, 0) is 18.3 Å². The summed E-state index contributed by atoms with van der Waals surface area (Å²) in [7, 11) is 1.95. The van der Waals surface area contributed by atoms with Gasteiger partial charge >= 0.3 is 0 Å². The van der Waals surface area contributed by atoms with Crippen LogP contribution in [0.5, 0.6) is 0 Å². The first-order valence-corrected chi connectivity index (χ1v) is 13.3. The van der Waals surface area contributed by atoms with Crippen LogP contribution in [0.15, 0.2) is 62.8 Å². The van der Waals surface area contributed by atoms with Crippen molar-refractivity contribution in [3.05, 3.63) is 73.0 Å². The molecule has 0 radical (unpaired) electrons. The van der Waals surface area contributed by atoms with Crippen LogP contribution >= 0.6 is 45.8 Å². The van der Waals surface area contributed by atoms with Gasteiger partial charge in [-0.1, -0.05) is 30.0 Å². The molecule has 31 heavy (non-hydrogen) atoms. The summed E-state index contributed by atoms with van der Waals surface area (Å²) >= 11 is 6.44. The average molecular weight is 486 g/mol.